The quantitative estimate of drug-likeness (QED) is 0.606. The summed E-state index contributed by atoms with van der Waals surface area (Å²) in [6.45, 7) is 6.78. The summed E-state index contributed by atoms with van der Waals surface area (Å²) < 4.78 is 8.55. The monoisotopic (exact) mass is 330 g/mol. The summed E-state index contributed by atoms with van der Waals surface area (Å²) in [7, 11) is -5.39. The molecule has 2 aromatic rings. The Labute approximate surface area is 135 Å². The molecule has 0 N–H and O–H groups in total. The van der Waals surface area contributed by atoms with Crippen LogP contribution in [0.4, 0.5) is 0 Å². The van der Waals surface area contributed by atoms with Gasteiger partial charge in [0.05, 0.1) is 0 Å². The van der Waals surface area contributed by atoms with E-state index < -0.39 is 7.82 Å². The van der Waals surface area contributed by atoms with E-state index in [1.807, 2.05) is 6.08 Å². The molecule has 0 spiro atoms. The molecule has 6 heteroatoms. The van der Waals surface area contributed by atoms with Gasteiger partial charge in [-0.25, -0.2) is 0 Å². The molecule has 0 saturated carbocycles. The van der Waals surface area contributed by atoms with E-state index in [1.54, 1.807) is 0 Å². The van der Waals surface area contributed by atoms with Crippen LogP contribution in [0.1, 0.15) is 11.1 Å². The van der Waals surface area contributed by atoms with Gasteiger partial charge in [-0.05, 0) is 22.3 Å². The van der Waals surface area contributed by atoms with Crippen molar-refractivity contribution in [2.45, 2.75) is 13.1 Å². The van der Waals surface area contributed by atoms with Gasteiger partial charge in [0.2, 0.25) is 0 Å². The molecule has 1 aliphatic rings. The number of hydrogen-bond donors (Lipinski definition) is 0. The van der Waals surface area contributed by atoms with Gasteiger partial charge in [-0.2, -0.15) is 7.82 Å². The molecular weight excluding hydrogens is 313 g/mol. The molecular formula is C17H17NO4P-3. The highest BCUT2D eigenvalue weighted by Crippen LogP contribution is 2.32. The van der Waals surface area contributed by atoms with E-state index in [-0.39, 0.29) is 0 Å². The summed E-state index contributed by atoms with van der Waals surface area (Å²) in [5, 5.41) is 0. The third-order valence-corrected chi connectivity index (χ3v) is 3.50. The molecule has 0 fully saturated rings. The van der Waals surface area contributed by atoms with Crippen LogP contribution in [0.2, 0.25) is 0 Å². The van der Waals surface area contributed by atoms with Crippen LogP contribution in [0.25, 0.3) is 11.1 Å². The van der Waals surface area contributed by atoms with Crippen LogP contribution in [-0.4, -0.2) is 11.4 Å². The van der Waals surface area contributed by atoms with E-state index >= 15 is 0 Å². The topological polar surface area (TPSA) is 89.5 Å². The van der Waals surface area contributed by atoms with Crippen LogP contribution in [-0.2, 0) is 17.7 Å². The average Bonchev–Trinajstić information content (AvgIpc) is 2.62. The number of benzene rings is 2. The highest BCUT2D eigenvalue weighted by atomic mass is 31.2. The minimum atomic E-state index is -5.39. The van der Waals surface area contributed by atoms with Crippen molar-refractivity contribution < 1.29 is 19.2 Å². The molecule has 5 nitrogen and oxygen atoms in total. The Morgan fingerprint density at radius 1 is 0.957 bits per heavy atom. The van der Waals surface area contributed by atoms with Crippen LogP contribution in [0.15, 0.2) is 61.2 Å². The first kappa shape index (κ1) is 17.6. The second-order valence-corrected chi connectivity index (χ2v) is 6.11. The molecule has 122 valence electrons. The maximum atomic E-state index is 8.55. The Kier molecular flexibility index (Phi) is 5.88. The molecule has 3 rings (SSSR count). The molecule has 0 aliphatic carbocycles. The largest absolute Gasteiger partial charge is 0.822 e. The fraction of sp³-hybridized carbons (Fsp3) is 0.176. The third kappa shape index (κ3) is 5.43. The Bertz CT molecular complexity index is 670. The van der Waals surface area contributed by atoms with Crippen molar-refractivity contribution in [3.8, 4) is 11.1 Å². The number of hydrogen-bond acceptors (Lipinski definition) is 5. The van der Waals surface area contributed by atoms with Gasteiger partial charge < -0.3 is 19.2 Å². The molecule has 2 aromatic carbocycles. The Hall–Kier alpha value is -1.75. The maximum Gasteiger partial charge on any atom is 0.0246 e. The van der Waals surface area contributed by atoms with Crippen LogP contribution < -0.4 is 14.7 Å². The van der Waals surface area contributed by atoms with E-state index in [4.69, 9.17) is 19.2 Å². The van der Waals surface area contributed by atoms with Gasteiger partial charge in [0.25, 0.3) is 0 Å². The summed E-state index contributed by atoms with van der Waals surface area (Å²) in [5.74, 6) is 0. The first-order chi connectivity index (χ1) is 10.9. The second kappa shape index (κ2) is 7.68. The third-order valence-electron chi connectivity index (χ3n) is 3.50. The minimum absolute atomic E-state index is 0.933. The SMILES string of the molecule is C=CCN1Cc2ccccc2-c2ccccc2C1.O=P([O-])([O-])[O-]. The van der Waals surface area contributed by atoms with Gasteiger partial charge in [0.1, 0.15) is 0 Å². The van der Waals surface area contributed by atoms with Gasteiger partial charge in [-0.1, -0.05) is 54.6 Å². The zero-order valence-corrected chi connectivity index (χ0v) is 13.4. The Morgan fingerprint density at radius 2 is 1.35 bits per heavy atom. The molecule has 23 heavy (non-hydrogen) atoms. The van der Waals surface area contributed by atoms with Gasteiger partial charge in [-0.15, -0.1) is 6.58 Å². The van der Waals surface area contributed by atoms with E-state index in [2.05, 4.69) is 60.0 Å². The van der Waals surface area contributed by atoms with E-state index in [9.17, 15) is 0 Å². The van der Waals surface area contributed by atoms with Crippen molar-refractivity contribution in [2.24, 2.45) is 0 Å². The predicted octanol–water partition coefficient (Wildman–Crippen LogP) is 1.03. The minimum Gasteiger partial charge on any atom is -0.822 e. The highest BCUT2D eigenvalue weighted by molar-refractivity contribution is 7.40. The molecule has 1 aliphatic heterocycles. The van der Waals surface area contributed by atoms with Crippen molar-refractivity contribution in [1.82, 2.24) is 4.90 Å². The van der Waals surface area contributed by atoms with Crippen molar-refractivity contribution in [3.63, 3.8) is 0 Å². The summed E-state index contributed by atoms with van der Waals surface area (Å²) in [6, 6.07) is 17.4. The van der Waals surface area contributed by atoms with Crippen LogP contribution in [0.5, 0.6) is 0 Å². The first-order valence-corrected chi connectivity index (χ1v) is 8.57. The molecule has 0 atom stereocenters. The maximum absolute atomic E-state index is 8.55. The number of nitrogens with zero attached hydrogens (tertiary/aromatic N) is 1. The van der Waals surface area contributed by atoms with Gasteiger partial charge in [-0.3, -0.25) is 4.90 Å². The standard InChI is InChI=1S/C17H17N.H3O4P/c1-2-11-18-12-14-7-3-5-9-16(14)17-10-6-4-8-15(17)13-18;1-5(2,3)4/h2-10H,1,11-13H2;(H3,1,2,3,4)/p-3. The molecule has 0 aromatic heterocycles. The van der Waals surface area contributed by atoms with E-state index in [1.165, 1.54) is 22.3 Å². The lowest BCUT2D eigenvalue weighted by molar-refractivity contribution is -0.432. The first-order valence-electron chi connectivity index (χ1n) is 7.11. The average molecular weight is 330 g/mol. The molecule has 0 unspecified atom stereocenters. The van der Waals surface area contributed by atoms with E-state index in [0.29, 0.717) is 0 Å². The predicted molar refractivity (Wildman–Crippen MR) is 83.8 cm³/mol. The smallest absolute Gasteiger partial charge is 0.0246 e. The molecule has 0 saturated heterocycles. The highest BCUT2D eigenvalue weighted by Gasteiger charge is 2.17. The molecule has 0 radical (unpaired) electrons. The fourth-order valence-corrected chi connectivity index (χ4v) is 2.69. The summed E-state index contributed by atoms with van der Waals surface area (Å²) in [6.07, 6.45) is 1.98. The number of phosphoric acid groups is 1. The van der Waals surface area contributed by atoms with Crippen LogP contribution in [0.3, 0.4) is 0 Å². The fourth-order valence-electron chi connectivity index (χ4n) is 2.69. The van der Waals surface area contributed by atoms with Crippen molar-refractivity contribution in [3.05, 3.63) is 72.3 Å². The molecule has 0 amide bonds. The molecule has 1 heterocycles. The lowest BCUT2D eigenvalue weighted by atomic mass is 9.97. The Balaban J connectivity index is 0.000000338. The zero-order valence-electron chi connectivity index (χ0n) is 12.6. The van der Waals surface area contributed by atoms with E-state index in [0.717, 1.165) is 19.6 Å². The van der Waals surface area contributed by atoms with Gasteiger partial charge in [0, 0.05) is 19.6 Å². The lowest BCUT2D eigenvalue weighted by Gasteiger charge is -2.36. The number of rotatable bonds is 2. The summed E-state index contributed by atoms with van der Waals surface area (Å²) >= 11 is 0. The second-order valence-electron chi connectivity index (χ2n) is 5.22. The van der Waals surface area contributed by atoms with Crippen molar-refractivity contribution >= 4 is 7.82 Å². The normalized spacial score (nSPS) is 13.9. The van der Waals surface area contributed by atoms with Gasteiger partial charge >= 0.3 is 0 Å². The van der Waals surface area contributed by atoms with Crippen molar-refractivity contribution in [1.29, 1.82) is 0 Å². The Morgan fingerprint density at radius 3 is 1.74 bits per heavy atom. The summed E-state index contributed by atoms with van der Waals surface area (Å²) in [5.41, 5.74) is 5.56. The van der Waals surface area contributed by atoms with Crippen LogP contribution >= 0.6 is 7.82 Å². The van der Waals surface area contributed by atoms with Gasteiger partial charge in [0.15, 0.2) is 0 Å². The molecule has 0 bridgehead atoms. The van der Waals surface area contributed by atoms with Crippen molar-refractivity contribution in [2.75, 3.05) is 6.54 Å². The summed E-state index contributed by atoms with van der Waals surface area (Å²) in [4.78, 5) is 28.1. The number of fused-ring (bicyclic) bond motifs is 3. The zero-order chi connectivity index (χ0) is 16.9. The lowest BCUT2D eigenvalue weighted by Crippen LogP contribution is -2.24. The van der Waals surface area contributed by atoms with Crippen LogP contribution in [0, 0.1) is 0 Å².